The van der Waals surface area contributed by atoms with Crippen LogP contribution < -0.4 is 5.32 Å². The quantitative estimate of drug-likeness (QED) is 0.713. The molecule has 0 saturated carbocycles. The Morgan fingerprint density at radius 3 is 3.14 bits per heavy atom. The number of hydrogen-bond donors (Lipinski definition) is 2. The van der Waals surface area contributed by atoms with Crippen LogP contribution in [0.5, 0.6) is 0 Å². The molecule has 2 N–H and O–H groups in total. The second-order valence-corrected chi connectivity index (χ2v) is 2.88. The molecule has 0 saturated heterocycles. The van der Waals surface area contributed by atoms with Gasteiger partial charge in [0.1, 0.15) is 0 Å². The molecule has 4 nitrogen and oxygen atoms in total. The lowest BCUT2D eigenvalue weighted by molar-refractivity contribution is -0.109. The SMILES string of the molecule is O=CNCc1cc2cncc(F)c2[nH]1. The molecular formula is C9H8FN3O. The van der Waals surface area contributed by atoms with Crippen molar-refractivity contribution in [2.24, 2.45) is 0 Å². The number of nitrogens with one attached hydrogen (secondary N) is 2. The molecule has 0 atom stereocenters. The molecule has 1 amide bonds. The molecule has 0 spiro atoms. The average molecular weight is 193 g/mol. The smallest absolute Gasteiger partial charge is 0.207 e. The van der Waals surface area contributed by atoms with Crippen molar-refractivity contribution < 1.29 is 9.18 Å². The number of nitrogens with zero attached hydrogens (tertiary/aromatic N) is 1. The monoisotopic (exact) mass is 193 g/mol. The molecule has 0 fully saturated rings. The summed E-state index contributed by atoms with van der Waals surface area (Å²) in [4.78, 5) is 16.6. The van der Waals surface area contributed by atoms with Crippen molar-refractivity contribution in [1.29, 1.82) is 0 Å². The summed E-state index contributed by atoms with van der Waals surface area (Å²) >= 11 is 0. The van der Waals surface area contributed by atoms with Gasteiger partial charge in [0, 0.05) is 17.3 Å². The molecule has 0 radical (unpaired) electrons. The van der Waals surface area contributed by atoms with E-state index in [1.54, 1.807) is 12.3 Å². The molecule has 14 heavy (non-hydrogen) atoms. The zero-order valence-corrected chi connectivity index (χ0v) is 7.25. The number of pyridine rings is 1. The minimum atomic E-state index is -0.389. The van der Waals surface area contributed by atoms with Crippen molar-refractivity contribution in [1.82, 2.24) is 15.3 Å². The van der Waals surface area contributed by atoms with Gasteiger partial charge >= 0.3 is 0 Å². The Morgan fingerprint density at radius 2 is 2.43 bits per heavy atom. The Bertz CT molecular complexity index is 466. The predicted molar refractivity (Wildman–Crippen MR) is 49.0 cm³/mol. The molecular weight excluding hydrogens is 185 g/mol. The summed E-state index contributed by atoms with van der Waals surface area (Å²) in [5, 5.41) is 3.19. The van der Waals surface area contributed by atoms with E-state index in [-0.39, 0.29) is 5.82 Å². The van der Waals surface area contributed by atoms with Gasteiger partial charge in [-0.3, -0.25) is 9.78 Å². The van der Waals surface area contributed by atoms with E-state index >= 15 is 0 Å². The van der Waals surface area contributed by atoms with Gasteiger partial charge in [-0.15, -0.1) is 0 Å². The summed E-state index contributed by atoms with van der Waals surface area (Å²) in [6.45, 7) is 0.359. The normalized spacial score (nSPS) is 10.4. The lowest BCUT2D eigenvalue weighted by Gasteiger charge is -1.93. The van der Waals surface area contributed by atoms with E-state index in [0.717, 1.165) is 11.9 Å². The topological polar surface area (TPSA) is 57.8 Å². The maximum Gasteiger partial charge on any atom is 0.207 e. The zero-order valence-electron chi connectivity index (χ0n) is 7.25. The van der Waals surface area contributed by atoms with Gasteiger partial charge in [-0.25, -0.2) is 4.39 Å². The molecule has 0 aliphatic rings. The zero-order chi connectivity index (χ0) is 9.97. The predicted octanol–water partition coefficient (Wildman–Crippen LogP) is 0.948. The van der Waals surface area contributed by atoms with Gasteiger partial charge in [-0.05, 0) is 6.07 Å². The Labute approximate surface area is 79.1 Å². The van der Waals surface area contributed by atoms with E-state index in [9.17, 15) is 9.18 Å². The number of rotatable bonds is 3. The summed E-state index contributed by atoms with van der Waals surface area (Å²) in [6, 6.07) is 1.75. The van der Waals surface area contributed by atoms with Crippen molar-refractivity contribution in [3.05, 3.63) is 30.0 Å². The van der Waals surface area contributed by atoms with Crippen LogP contribution in [0.4, 0.5) is 4.39 Å². The van der Waals surface area contributed by atoms with E-state index in [0.29, 0.717) is 23.9 Å². The minimum Gasteiger partial charge on any atom is -0.354 e. The van der Waals surface area contributed by atoms with Crippen LogP contribution >= 0.6 is 0 Å². The highest BCUT2D eigenvalue weighted by molar-refractivity contribution is 5.79. The lowest BCUT2D eigenvalue weighted by atomic mass is 10.3. The number of halogens is 1. The minimum absolute atomic E-state index is 0.359. The van der Waals surface area contributed by atoms with Crippen LogP contribution in [0.15, 0.2) is 18.5 Å². The first-order valence-corrected chi connectivity index (χ1v) is 4.09. The first-order valence-electron chi connectivity index (χ1n) is 4.09. The number of amides is 1. The van der Waals surface area contributed by atoms with E-state index in [1.807, 2.05) is 0 Å². The second-order valence-electron chi connectivity index (χ2n) is 2.88. The van der Waals surface area contributed by atoms with Crippen molar-refractivity contribution in [2.45, 2.75) is 6.54 Å². The highest BCUT2D eigenvalue weighted by atomic mass is 19.1. The third-order valence-corrected chi connectivity index (χ3v) is 1.92. The molecule has 2 aromatic heterocycles. The van der Waals surface area contributed by atoms with Gasteiger partial charge in [0.2, 0.25) is 6.41 Å². The van der Waals surface area contributed by atoms with Crippen molar-refractivity contribution in [2.75, 3.05) is 0 Å². The number of carbonyl (C=O) groups excluding carboxylic acids is 1. The highest BCUT2D eigenvalue weighted by Gasteiger charge is 2.04. The first kappa shape index (κ1) is 8.68. The van der Waals surface area contributed by atoms with E-state index in [2.05, 4.69) is 15.3 Å². The number of fused-ring (bicyclic) bond motifs is 1. The van der Waals surface area contributed by atoms with Crippen LogP contribution in [0.1, 0.15) is 5.69 Å². The van der Waals surface area contributed by atoms with Crippen molar-refractivity contribution in [3.63, 3.8) is 0 Å². The third kappa shape index (κ3) is 1.44. The average Bonchev–Trinajstić information content (AvgIpc) is 2.59. The van der Waals surface area contributed by atoms with Crippen molar-refractivity contribution >= 4 is 17.3 Å². The van der Waals surface area contributed by atoms with E-state index in [4.69, 9.17) is 0 Å². The van der Waals surface area contributed by atoms with Gasteiger partial charge in [-0.1, -0.05) is 0 Å². The van der Waals surface area contributed by atoms with Crippen LogP contribution in [-0.4, -0.2) is 16.4 Å². The molecule has 2 heterocycles. The summed E-state index contributed by atoms with van der Waals surface area (Å²) in [7, 11) is 0. The third-order valence-electron chi connectivity index (χ3n) is 1.92. The van der Waals surface area contributed by atoms with E-state index in [1.165, 1.54) is 0 Å². The fourth-order valence-corrected chi connectivity index (χ4v) is 1.32. The number of aromatic nitrogens is 2. The fourth-order valence-electron chi connectivity index (χ4n) is 1.32. The molecule has 5 heteroatoms. The molecule has 0 aliphatic carbocycles. The van der Waals surface area contributed by atoms with Crippen LogP contribution in [0, 0.1) is 5.82 Å². The number of hydrogen-bond acceptors (Lipinski definition) is 2. The van der Waals surface area contributed by atoms with Crippen LogP contribution in [-0.2, 0) is 11.3 Å². The highest BCUT2D eigenvalue weighted by Crippen LogP contribution is 2.16. The van der Waals surface area contributed by atoms with Gasteiger partial charge in [0.15, 0.2) is 5.82 Å². The number of aromatic amines is 1. The fraction of sp³-hybridized carbons (Fsp3) is 0.111. The number of carbonyl (C=O) groups is 1. The Morgan fingerprint density at radius 1 is 1.57 bits per heavy atom. The maximum atomic E-state index is 13.1. The van der Waals surface area contributed by atoms with Gasteiger partial charge < -0.3 is 10.3 Å². The van der Waals surface area contributed by atoms with Crippen LogP contribution in [0.25, 0.3) is 10.9 Å². The molecule has 2 aromatic rings. The summed E-state index contributed by atoms with van der Waals surface area (Å²) in [6.07, 6.45) is 3.31. The largest absolute Gasteiger partial charge is 0.354 e. The summed E-state index contributed by atoms with van der Waals surface area (Å²) < 4.78 is 13.1. The standard InChI is InChI=1S/C9H8FN3O/c10-8-4-11-2-6-1-7(3-12-5-14)13-9(6)8/h1-2,4-5,13H,3H2,(H,12,14). The summed E-state index contributed by atoms with van der Waals surface area (Å²) in [5.41, 5.74) is 1.17. The number of H-pyrrole nitrogens is 1. The molecule has 0 unspecified atom stereocenters. The van der Waals surface area contributed by atoms with Crippen LogP contribution in [0.2, 0.25) is 0 Å². The second kappa shape index (κ2) is 3.45. The molecule has 0 aromatic carbocycles. The lowest BCUT2D eigenvalue weighted by Crippen LogP contribution is -2.09. The molecule has 0 bridgehead atoms. The summed E-state index contributed by atoms with van der Waals surface area (Å²) in [5.74, 6) is -0.389. The Balaban J connectivity index is 2.41. The van der Waals surface area contributed by atoms with Gasteiger partial charge in [-0.2, -0.15) is 0 Å². The van der Waals surface area contributed by atoms with Crippen molar-refractivity contribution in [3.8, 4) is 0 Å². The molecule has 0 aliphatic heterocycles. The van der Waals surface area contributed by atoms with E-state index < -0.39 is 0 Å². The maximum absolute atomic E-state index is 13.1. The van der Waals surface area contributed by atoms with Gasteiger partial charge in [0.05, 0.1) is 18.3 Å². The molecule has 2 rings (SSSR count). The van der Waals surface area contributed by atoms with Crippen LogP contribution in [0.3, 0.4) is 0 Å². The first-order chi connectivity index (χ1) is 6.81. The molecule has 72 valence electrons. The Kier molecular flexibility index (Phi) is 2.14. The van der Waals surface area contributed by atoms with Gasteiger partial charge in [0.25, 0.3) is 0 Å². The Hall–Kier alpha value is -1.91.